The maximum absolute atomic E-state index is 11.3. The SMILES string of the molecule is CC(C)S(=O)(=O)NC1(CO)CC1. The van der Waals surface area contributed by atoms with E-state index in [0.717, 1.165) is 12.8 Å². The number of aliphatic hydroxyl groups is 1. The van der Waals surface area contributed by atoms with Crippen LogP contribution in [0.5, 0.6) is 0 Å². The Bertz CT molecular complexity index is 254. The number of rotatable bonds is 4. The summed E-state index contributed by atoms with van der Waals surface area (Å²) in [6.45, 7) is 3.14. The molecular formula is C7H15NO3S. The van der Waals surface area contributed by atoms with E-state index in [1.165, 1.54) is 0 Å². The van der Waals surface area contributed by atoms with E-state index >= 15 is 0 Å². The molecule has 0 unspecified atom stereocenters. The van der Waals surface area contributed by atoms with Gasteiger partial charge in [-0.05, 0) is 26.7 Å². The summed E-state index contributed by atoms with van der Waals surface area (Å²) in [7, 11) is -3.22. The summed E-state index contributed by atoms with van der Waals surface area (Å²) in [5.41, 5.74) is -0.525. The van der Waals surface area contributed by atoms with E-state index < -0.39 is 20.8 Å². The standard InChI is InChI=1S/C7H15NO3S/c1-6(2)12(10,11)8-7(5-9)3-4-7/h6,8-9H,3-5H2,1-2H3. The van der Waals surface area contributed by atoms with Crippen LogP contribution in [-0.4, -0.2) is 30.9 Å². The van der Waals surface area contributed by atoms with Crippen molar-refractivity contribution in [3.8, 4) is 0 Å². The van der Waals surface area contributed by atoms with E-state index in [1.807, 2.05) is 0 Å². The largest absolute Gasteiger partial charge is 0.394 e. The molecule has 0 spiro atoms. The molecule has 0 aromatic carbocycles. The smallest absolute Gasteiger partial charge is 0.214 e. The normalized spacial score (nSPS) is 21.3. The minimum absolute atomic E-state index is 0.0983. The van der Waals surface area contributed by atoms with E-state index in [9.17, 15) is 8.42 Å². The highest BCUT2D eigenvalue weighted by Gasteiger charge is 2.45. The molecule has 1 aliphatic rings. The molecule has 0 aromatic rings. The summed E-state index contributed by atoms with van der Waals surface area (Å²) in [6, 6.07) is 0. The van der Waals surface area contributed by atoms with Crippen molar-refractivity contribution < 1.29 is 13.5 Å². The molecule has 1 fully saturated rings. The van der Waals surface area contributed by atoms with E-state index in [2.05, 4.69) is 4.72 Å². The van der Waals surface area contributed by atoms with Gasteiger partial charge in [-0.1, -0.05) is 0 Å². The van der Waals surface area contributed by atoms with Crippen LogP contribution >= 0.6 is 0 Å². The summed E-state index contributed by atoms with van der Waals surface area (Å²) < 4.78 is 25.2. The van der Waals surface area contributed by atoms with Gasteiger partial charge >= 0.3 is 0 Å². The molecule has 0 radical (unpaired) electrons. The van der Waals surface area contributed by atoms with Gasteiger partial charge in [0.25, 0.3) is 0 Å². The molecule has 0 saturated heterocycles. The Kier molecular flexibility index (Phi) is 2.47. The highest BCUT2D eigenvalue weighted by Crippen LogP contribution is 2.35. The molecule has 72 valence electrons. The second-order valence-corrected chi connectivity index (χ2v) is 5.87. The third-order valence-corrected chi connectivity index (χ3v) is 4.09. The minimum Gasteiger partial charge on any atom is -0.394 e. The van der Waals surface area contributed by atoms with Gasteiger partial charge in [0.2, 0.25) is 10.0 Å². The lowest BCUT2D eigenvalue weighted by molar-refractivity contribution is 0.246. The Labute approximate surface area is 73.0 Å². The van der Waals surface area contributed by atoms with E-state index in [0.29, 0.717) is 0 Å². The van der Waals surface area contributed by atoms with Crippen LogP contribution in [0.25, 0.3) is 0 Å². The molecule has 12 heavy (non-hydrogen) atoms. The molecule has 5 heteroatoms. The third-order valence-electron chi connectivity index (χ3n) is 2.14. The summed E-state index contributed by atoms with van der Waals surface area (Å²) in [4.78, 5) is 0. The Balaban J connectivity index is 2.62. The molecule has 1 saturated carbocycles. The molecule has 1 aliphatic carbocycles. The zero-order valence-electron chi connectivity index (χ0n) is 7.37. The van der Waals surface area contributed by atoms with Gasteiger partial charge in [0.1, 0.15) is 0 Å². The van der Waals surface area contributed by atoms with Gasteiger partial charge in [-0.25, -0.2) is 13.1 Å². The van der Waals surface area contributed by atoms with Crippen molar-refractivity contribution in [2.24, 2.45) is 0 Å². The molecule has 0 aromatic heterocycles. The third kappa shape index (κ3) is 1.97. The highest BCUT2D eigenvalue weighted by molar-refractivity contribution is 7.90. The number of hydrogen-bond acceptors (Lipinski definition) is 3. The number of nitrogens with one attached hydrogen (secondary N) is 1. The number of hydrogen-bond donors (Lipinski definition) is 2. The lowest BCUT2D eigenvalue weighted by Crippen LogP contribution is -2.42. The average Bonchev–Trinajstić information content (AvgIpc) is 2.68. The van der Waals surface area contributed by atoms with Crippen LogP contribution in [0, 0.1) is 0 Å². The first-order valence-electron chi connectivity index (χ1n) is 4.05. The van der Waals surface area contributed by atoms with Crippen LogP contribution in [0.3, 0.4) is 0 Å². The Hall–Kier alpha value is -0.130. The Morgan fingerprint density at radius 2 is 2.00 bits per heavy atom. The first-order valence-corrected chi connectivity index (χ1v) is 5.60. The number of sulfonamides is 1. The maximum atomic E-state index is 11.3. The predicted octanol–water partition coefficient (Wildman–Crippen LogP) is -0.161. The minimum atomic E-state index is -3.22. The average molecular weight is 193 g/mol. The van der Waals surface area contributed by atoms with Crippen molar-refractivity contribution in [3.63, 3.8) is 0 Å². The van der Waals surface area contributed by atoms with Gasteiger partial charge in [-0.2, -0.15) is 0 Å². The summed E-state index contributed by atoms with van der Waals surface area (Å²) in [5.74, 6) is 0. The van der Waals surface area contributed by atoms with Crippen molar-refractivity contribution in [1.29, 1.82) is 0 Å². The molecule has 0 amide bonds. The van der Waals surface area contributed by atoms with Gasteiger partial charge in [0, 0.05) is 0 Å². The van der Waals surface area contributed by atoms with Crippen molar-refractivity contribution in [2.45, 2.75) is 37.5 Å². The highest BCUT2D eigenvalue weighted by atomic mass is 32.2. The fourth-order valence-electron chi connectivity index (χ4n) is 0.863. The predicted molar refractivity (Wildman–Crippen MR) is 46.2 cm³/mol. The van der Waals surface area contributed by atoms with Crippen LogP contribution in [0.4, 0.5) is 0 Å². The van der Waals surface area contributed by atoms with Crippen LogP contribution in [0.15, 0.2) is 0 Å². The monoisotopic (exact) mass is 193 g/mol. The van der Waals surface area contributed by atoms with Gasteiger partial charge in [0.05, 0.1) is 17.4 Å². The van der Waals surface area contributed by atoms with Crippen molar-refractivity contribution in [1.82, 2.24) is 4.72 Å². The van der Waals surface area contributed by atoms with E-state index in [-0.39, 0.29) is 6.61 Å². The summed E-state index contributed by atoms with van der Waals surface area (Å²) in [6.07, 6.45) is 1.49. The molecule has 4 nitrogen and oxygen atoms in total. The van der Waals surface area contributed by atoms with Crippen molar-refractivity contribution in [3.05, 3.63) is 0 Å². The first-order chi connectivity index (χ1) is 5.42. The van der Waals surface area contributed by atoms with E-state index in [1.54, 1.807) is 13.8 Å². The van der Waals surface area contributed by atoms with Crippen LogP contribution < -0.4 is 4.72 Å². The Morgan fingerprint density at radius 3 is 2.25 bits per heavy atom. The molecule has 2 N–H and O–H groups in total. The van der Waals surface area contributed by atoms with Crippen molar-refractivity contribution >= 4 is 10.0 Å². The van der Waals surface area contributed by atoms with Gasteiger partial charge < -0.3 is 5.11 Å². The first kappa shape index (κ1) is 9.95. The van der Waals surface area contributed by atoms with Crippen LogP contribution in [-0.2, 0) is 10.0 Å². The zero-order valence-corrected chi connectivity index (χ0v) is 8.19. The van der Waals surface area contributed by atoms with Gasteiger partial charge in [-0.3, -0.25) is 0 Å². The van der Waals surface area contributed by atoms with Crippen LogP contribution in [0.2, 0.25) is 0 Å². The van der Waals surface area contributed by atoms with E-state index in [4.69, 9.17) is 5.11 Å². The second-order valence-electron chi connectivity index (χ2n) is 3.63. The lowest BCUT2D eigenvalue weighted by atomic mass is 10.3. The van der Waals surface area contributed by atoms with Gasteiger partial charge in [0.15, 0.2) is 0 Å². The summed E-state index contributed by atoms with van der Waals surface area (Å²) >= 11 is 0. The molecule has 0 heterocycles. The maximum Gasteiger partial charge on any atom is 0.214 e. The number of aliphatic hydroxyl groups excluding tert-OH is 1. The quantitative estimate of drug-likeness (QED) is 0.652. The fraction of sp³-hybridized carbons (Fsp3) is 1.00. The Morgan fingerprint density at radius 1 is 1.50 bits per heavy atom. The van der Waals surface area contributed by atoms with Crippen LogP contribution in [0.1, 0.15) is 26.7 Å². The molecule has 1 rings (SSSR count). The molecule has 0 aliphatic heterocycles. The molecule has 0 atom stereocenters. The fourth-order valence-corrected chi connectivity index (χ4v) is 1.97. The zero-order chi connectivity index (χ0) is 9.41. The second kappa shape index (κ2) is 2.97. The topological polar surface area (TPSA) is 66.4 Å². The molecular weight excluding hydrogens is 178 g/mol. The van der Waals surface area contributed by atoms with Crippen molar-refractivity contribution in [2.75, 3.05) is 6.61 Å². The lowest BCUT2D eigenvalue weighted by Gasteiger charge is -2.16. The van der Waals surface area contributed by atoms with Gasteiger partial charge in [-0.15, -0.1) is 0 Å². The summed E-state index contributed by atoms with van der Waals surface area (Å²) in [5, 5.41) is 8.45. The molecule has 0 bridgehead atoms.